The van der Waals surface area contributed by atoms with Crippen molar-refractivity contribution in [2.24, 2.45) is 0 Å². The van der Waals surface area contributed by atoms with Crippen molar-refractivity contribution in [1.82, 2.24) is 16.2 Å². The Balaban J connectivity index is 1.61. The number of hydrogen-bond acceptors (Lipinski definition) is 4. The summed E-state index contributed by atoms with van der Waals surface area (Å²) < 4.78 is 19.1. The first kappa shape index (κ1) is 22.2. The van der Waals surface area contributed by atoms with Crippen LogP contribution in [-0.4, -0.2) is 30.9 Å². The molecule has 2 aromatic carbocycles. The van der Waals surface area contributed by atoms with Crippen molar-refractivity contribution in [3.63, 3.8) is 0 Å². The molecule has 0 spiro atoms. The molecule has 29 heavy (non-hydrogen) atoms. The number of nitrogens with one attached hydrogen (secondary N) is 3. The summed E-state index contributed by atoms with van der Waals surface area (Å²) >= 11 is 5.88. The van der Waals surface area contributed by atoms with Crippen molar-refractivity contribution < 1.29 is 23.5 Å². The molecular formula is C20H21ClFN3O4. The van der Waals surface area contributed by atoms with E-state index in [9.17, 15) is 18.8 Å². The summed E-state index contributed by atoms with van der Waals surface area (Å²) in [7, 11) is 0. The lowest BCUT2D eigenvalue weighted by Crippen LogP contribution is -2.46. The number of halogens is 2. The van der Waals surface area contributed by atoms with Crippen molar-refractivity contribution in [1.29, 1.82) is 0 Å². The Labute approximate surface area is 172 Å². The number of amides is 3. The molecule has 0 fully saturated rings. The maximum atomic E-state index is 13.5. The first-order valence-corrected chi connectivity index (χ1v) is 9.24. The van der Waals surface area contributed by atoms with Crippen molar-refractivity contribution in [2.75, 3.05) is 13.2 Å². The number of hydrogen-bond donors (Lipinski definition) is 3. The third kappa shape index (κ3) is 7.42. The van der Waals surface area contributed by atoms with Gasteiger partial charge in [0, 0.05) is 11.4 Å². The van der Waals surface area contributed by atoms with E-state index in [1.54, 1.807) is 18.2 Å². The van der Waals surface area contributed by atoms with Crippen molar-refractivity contribution in [2.45, 2.75) is 19.8 Å². The Kier molecular flexibility index (Phi) is 8.42. The average Bonchev–Trinajstić information content (AvgIpc) is 2.69. The quantitative estimate of drug-likeness (QED) is 0.450. The van der Waals surface area contributed by atoms with Crippen LogP contribution in [0.15, 0.2) is 42.5 Å². The third-order valence-corrected chi connectivity index (χ3v) is 4.05. The molecule has 0 heterocycles. The number of rotatable bonds is 8. The summed E-state index contributed by atoms with van der Waals surface area (Å²) in [5.41, 5.74) is 5.14. The molecule has 0 saturated carbocycles. The lowest BCUT2D eigenvalue weighted by Gasteiger charge is -2.10. The van der Waals surface area contributed by atoms with Crippen LogP contribution in [0, 0.1) is 12.7 Å². The summed E-state index contributed by atoms with van der Waals surface area (Å²) in [5.74, 6) is -1.77. The van der Waals surface area contributed by atoms with Crippen LogP contribution in [0.1, 0.15) is 28.8 Å². The Bertz CT molecular complexity index is 892. The van der Waals surface area contributed by atoms with Crippen LogP contribution in [-0.2, 0) is 9.59 Å². The van der Waals surface area contributed by atoms with Crippen LogP contribution >= 0.6 is 11.6 Å². The van der Waals surface area contributed by atoms with Crippen LogP contribution in [0.5, 0.6) is 5.75 Å². The lowest BCUT2D eigenvalue weighted by molar-refractivity contribution is -0.128. The molecule has 0 aliphatic rings. The molecule has 3 amide bonds. The number of ether oxygens (including phenoxy) is 1. The molecule has 154 valence electrons. The summed E-state index contributed by atoms with van der Waals surface area (Å²) in [5, 5.41) is 2.89. The molecule has 2 rings (SSSR count). The highest BCUT2D eigenvalue weighted by Crippen LogP contribution is 2.21. The first-order chi connectivity index (χ1) is 13.9. The average molecular weight is 422 g/mol. The Hall–Kier alpha value is -3.13. The van der Waals surface area contributed by atoms with E-state index in [1.807, 2.05) is 6.92 Å². The maximum absolute atomic E-state index is 13.5. The van der Waals surface area contributed by atoms with Gasteiger partial charge in [-0.1, -0.05) is 23.7 Å². The van der Waals surface area contributed by atoms with E-state index in [4.69, 9.17) is 16.3 Å². The molecule has 7 nitrogen and oxygen atoms in total. The second-order valence-corrected chi connectivity index (χ2v) is 6.56. The van der Waals surface area contributed by atoms with Crippen LogP contribution in [0.3, 0.4) is 0 Å². The van der Waals surface area contributed by atoms with E-state index in [1.165, 1.54) is 18.2 Å². The van der Waals surface area contributed by atoms with Gasteiger partial charge in [-0.3, -0.25) is 25.2 Å². The summed E-state index contributed by atoms with van der Waals surface area (Å²) in [6.07, 6.45) is 0.572. The van der Waals surface area contributed by atoms with Crippen LogP contribution < -0.4 is 20.9 Å². The summed E-state index contributed by atoms with van der Waals surface area (Å²) in [6, 6.07) is 10.7. The molecule has 0 aliphatic heterocycles. The number of aryl methyl sites for hydroxylation is 1. The van der Waals surface area contributed by atoms with E-state index in [-0.39, 0.29) is 12.0 Å². The van der Waals surface area contributed by atoms with Gasteiger partial charge in [0.05, 0.1) is 18.7 Å². The highest BCUT2D eigenvalue weighted by Gasteiger charge is 2.12. The fourth-order valence-electron chi connectivity index (χ4n) is 2.34. The molecule has 0 atom stereocenters. The van der Waals surface area contributed by atoms with Crippen LogP contribution in [0.25, 0.3) is 0 Å². The van der Waals surface area contributed by atoms with E-state index in [0.29, 0.717) is 23.8 Å². The SMILES string of the molecule is Cc1cc(Cl)ccc1OCCCC(=O)NNC(=O)CNC(=O)c1ccccc1F. The molecule has 9 heteroatoms. The van der Waals surface area contributed by atoms with Gasteiger partial charge in [-0.15, -0.1) is 0 Å². The number of carbonyl (C=O) groups excluding carboxylic acids is 3. The highest BCUT2D eigenvalue weighted by atomic mass is 35.5. The standard InChI is InChI=1S/C20H21ClFN3O4/c1-13-11-14(21)8-9-17(13)29-10-4-7-18(26)24-25-19(27)12-23-20(28)15-5-2-3-6-16(15)22/h2-3,5-6,8-9,11H,4,7,10,12H2,1H3,(H,23,28)(H,24,26)(H,25,27). The largest absolute Gasteiger partial charge is 0.493 e. The van der Waals surface area contributed by atoms with Crippen LogP contribution in [0.4, 0.5) is 4.39 Å². The zero-order chi connectivity index (χ0) is 21.2. The van der Waals surface area contributed by atoms with Gasteiger partial charge < -0.3 is 10.1 Å². The minimum absolute atomic E-state index is 0.133. The number of benzene rings is 2. The number of hydrazine groups is 1. The number of carbonyl (C=O) groups is 3. The molecular weight excluding hydrogens is 401 g/mol. The van der Waals surface area contributed by atoms with Gasteiger partial charge in [-0.2, -0.15) is 0 Å². The van der Waals surface area contributed by atoms with E-state index in [2.05, 4.69) is 16.2 Å². The minimum atomic E-state index is -0.723. The topological polar surface area (TPSA) is 96.5 Å². The minimum Gasteiger partial charge on any atom is -0.493 e. The van der Waals surface area contributed by atoms with E-state index < -0.39 is 30.1 Å². The fraction of sp³-hybridized carbons (Fsp3) is 0.250. The maximum Gasteiger partial charge on any atom is 0.257 e. The van der Waals surface area contributed by atoms with Crippen molar-refractivity contribution >= 4 is 29.3 Å². The van der Waals surface area contributed by atoms with Gasteiger partial charge in [-0.25, -0.2) is 4.39 Å². The van der Waals surface area contributed by atoms with Crippen molar-refractivity contribution in [3.8, 4) is 5.75 Å². The molecule has 3 N–H and O–H groups in total. The van der Waals surface area contributed by atoms with Gasteiger partial charge in [0.2, 0.25) is 5.91 Å². The van der Waals surface area contributed by atoms with Gasteiger partial charge in [0.1, 0.15) is 11.6 Å². The Morgan fingerprint density at radius 1 is 1.07 bits per heavy atom. The lowest BCUT2D eigenvalue weighted by atomic mass is 10.2. The highest BCUT2D eigenvalue weighted by molar-refractivity contribution is 6.30. The molecule has 0 aliphatic carbocycles. The van der Waals surface area contributed by atoms with E-state index in [0.717, 1.165) is 11.6 Å². The van der Waals surface area contributed by atoms with Gasteiger partial charge in [0.25, 0.3) is 11.8 Å². The van der Waals surface area contributed by atoms with Gasteiger partial charge in [-0.05, 0) is 49.2 Å². The zero-order valence-corrected chi connectivity index (χ0v) is 16.5. The third-order valence-electron chi connectivity index (χ3n) is 3.81. The monoisotopic (exact) mass is 421 g/mol. The summed E-state index contributed by atoms with van der Waals surface area (Å²) in [4.78, 5) is 35.2. The fourth-order valence-corrected chi connectivity index (χ4v) is 2.56. The molecule has 0 radical (unpaired) electrons. The normalized spacial score (nSPS) is 10.2. The first-order valence-electron chi connectivity index (χ1n) is 8.86. The smallest absolute Gasteiger partial charge is 0.257 e. The molecule has 0 saturated heterocycles. The predicted molar refractivity (Wildman–Crippen MR) is 106 cm³/mol. The second-order valence-electron chi connectivity index (χ2n) is 6.12. The Morgan fingerprint density at radius 2 is 1.79 bits per heavy atom. The van der Waals surface area contributed by atoms with Crippen LogP contribution in [0.2, 0.25) is 5.02 Å². The van der Waals surface area contributed by atoms with E-state index >= 15 is 0 Å². The zero-order valence-electron chi connectivity index (χ0n) is 15.8. The Morgan fingerprint density at radius 3 is 2.52 bits per heavy atom. The molecule has 0 aromatic heterocycles. The molecule has 0 unspecified atom stereocenters. The predicted octanol–water partition coefficient (Wildman–Crippen LogP) is 2.52. The van der Waals surface area contributed by atoms with Gasteiger partial charge in [0.15, 0.2) is 0 Å². The molecule has 2 aromatic rings. The van der Waals surface area contributed by atoms with Crippen molar-refractivity contribution in [3.05, 3.63) is 64.4 Å². The second kappa shape index (κ2) is 11.0. The molecule has 0 bridgehead atoms. The van der Waals surface area contributed by atoms with Gasteiger partial charge >= 0.3 is 0 Å². The summed E-state index contributed by atoms with van der Waals surface area (Å²) in [6.45, 7) is 1.78.